The van der Waals surface area contributed by atoms with Crippen LogP contribution in [0, 0.1) is 6.92 Å². The Labute approximate surface area is 147 Å². The van der Waals surface area contributed by atoms with Gasteiger partial charge >= 0.3 is 5.97 Å². The zero-order valence-electron chi connectivity index (χ0n) is 15.1. The molecule has 1 amide bonds. The Morgan fingerprint density at radius 1 is 1.36 bits per heavy atom. The van der Waals surface area contributed by atoms with Crippen LogP contribution < -0.4 is 10.2 Å². The van der Waals surface area contributed by atoms with Gasteiger partial charge in [0.15, 0.2) is 6.54 Å². The number of fused-ring (bicyclic) bond motifs is 1. The van der Waals surface area contributed by atoms with Gasteiger partial charge in [0.25, 0.3) is 5.91 Å². The van der Waals surface area contributed by atoms with Crippen LogP contribution in [0.4, 0.5) is 5.69 Å². The van der Waals surface area contributed by atoms with Crippen LogP contribution in [0.1, 0.15) is 42.2 Å². The number of carbonyl (C=O) groups is 2. The average molecular weight is 344 g/mol. The summed E-state index contributed by atoms with van der Waals surface area (Å²) >= 11 is 0. The number of carbonyl (C=O) groups excluding carboxylic acids is 2. The zero-order chi connectivity index (χ0) is 18.0. The summed E-state index contributed by atoms with van der Waals surface area (Å²) in [6, 6.07) is 6.32. The van der Waals surface area contributed by atoms with Crippen LogP contribution in [-0.4, -0.2) is 43.1 Å². The Balaban J connectivity index is 1.86. The SMILES string of the molecule is COC(=O)c1[nH]c2cc(C)ccc2c1NC(=O)C[NH+]1CCCC[C@H]1C. The fraction of sp³-hybridized carbons (Fsp3) is 0.474. The van der Waals surface area contributed by atoms with E-state index >= 15 is 0 Å². The molecule has 1 saturated heterocycles. The van der Waals surface area contributed by atoms with Crippen LogP contribution in [0.15, 0.2) is 18.2 Å². The molecule has 134 valence electrons. The number of H-pyrrole nitrogens is 1. The van der Waals surface area contributed by atoms with Crippen molar-refractivity contribution in [3.63, 3.8) is 0 Å². The molecule has 2 heterocycles. The number of methoxy groups -OCH3 is 1. The summed E-state index contributed by atoms with van der Waals surface area (Å²) in [7, 11) is 1.34. The molecule has 1 unspecified atom stereocenters. The summed E-state index contributed by atoms with van der Waals surface area (Å²) in [5.41, 5.74) is 2.69. The molecule has 0 saturated carbocycles. The van der Waals surface area contributed by atoms with Gasteiger partial charge in [-0.25, -0.2) is 4.79 Å². The van der Waals surface area contributed by atoms with Crippen molar-refractivity contribution in [2.24, 2.45) is 0 Å². The third kappa shape index (κ3) is 3.69. The van der Waals surface area contributed by atoms with Crippen LogP contribution in [-0.2, 0) is 9.53 Å². The van der Waals surface area contributed by atoms with Crippen LogP contribution in [0.25, 0.3) is 10.9 Å². The van der Waals surface area contributed by atoms with Gasteiger partial charge in [-0.15, -0.1) is 0 Å². The highest BCUT2D eigenvalue weighted by Gasteiger charge is 2.26. The van der Waals surface area contributed by atoms with Gasteiger partial charge in [-0.2, -0.15) is 0 Å². The number of rotatable bonds is 4. The smallest absolute Gasteiger partial charge is 0.356 e. The minimum atomic E-state index is -0.483. The largest absolute Gasteiger partial charge is 0.464 e. The van der Waals surface area contributed by atoms with Crippen molar-refractivity contribution < 1.29 is 19.2 Å². The molecule has 0 spiro atoms. The van der Waals surface area contributed by atoms with Crippen molar-refractivity contribution in [2.45, 2.75) is 39.2 Å². The molecule has 0 aliphatic carbocycles. The first kappa shape index (κ1) is 17.5. The number of aromatic amines is 1. The summed E-state index contributed by atoms with van der Waals surface area (Å²) in [6.07, 6.45) is 3.55. The number of anilines is 1. The van der Waals surface area contributed by atoms with Gasteiger partial charge in [0, 0.05) is 10.9 Å². The van der Waals surface area contributed by atoms with Crippen molar-refractivity contribution in [2.75, 3.05) is 25.5 Å². The van der Waals surface area contributed by atoms with Crippen molar-refractivity contribution in [1.29, 1.82) is 0 Å². The number of hydrogen-bond acceptors (Lipinski definition) is 3. The lowest BCUT2D eigenvalue weighted by atomic mass is 10.0. The normalized spacial score (nSPS) is 20.4. The monoisotopic (exact) mass is 344 g/mol. The Hall–Kier alpha value is -2.34. The van der Waals surface area contributed by atoms with Crippen LogP contribution in [0.2, 0.25) is 0 Å². The van der Waals surface area contributed by atoms with Gasteiger partial charge in [-0.3, -0.25) is 4.79 Å². The second kappa shape index (κ2) is 7.27. The number of ether oxygens (including phenoxy) is 1. The van der Waals surface area contributed by atoms with Gasteiger partial charge in [0.1, 0.15) is 5.69 Å². The van der Waals surface area contributed by atoms with E-state index in [1.165, 1.54) is 18.4 Å². The molecule has 6 nitrogen and oxygen atoms in total. The first-order chi connectivity index (χ1) is 12.0. The van der Waals surface area contributed by atoms with Gasteiger partial charge in [0.2, 0.25) is 0 Å². The molecule has 2 atom stereocenters. The molecule has 1 aliphatic heterocycles. The van der Waals surface area contributed by atoms with E-state index in [9.17, 15) is 9.59 Å². The van der Waals surface area contributed by atoms with E-state index in [0.29, 0.717) is 18.3 Å². The molecule has 2 aromatic rings. The molecule has 1 fully saturated rings. The summed E-state index contributed by atoms with van der Waals surface area (Å²) < 4.78 is 4.86. The lowest BCUT2D eigenvalue weighted by Gasteiger charge is -2.29. The minimum absolute atomic E-state index is 0.0737. The first-order valence-electron chi connectivity index (χ1n) is 8.84. The number of nitrogens with one attached hydrogen (secondary N) is 3. The molecule has 3 rings (SSSR count). The summed E-state index contributed by atoms with van der Waals surface area (Å²) in [5, 5.41) is 3.76. The van der Waals surface area contributed by atoms with E-state index in [-0.39, 0.29) is 11.6 Å². The van der Waals surface area contributed by atoms with Crippen LogP contribution in [0.5, 0.6) is 0 Å². The Bertz CT molecular complexity index is 797. The van der Waals surface area contributed by atoms with Crippen LogP contribution in [0.3, 0.4) is 0 Å². The predicted molar refractivity (Wildman–Crippen MR) is 97.0 cm³/mol. The Kier molecular flexibility index (Phi) is 5.08. The molecule has 1 aliphatic rings. The van der Waals surface area contributed by atoms with Crippen molar-refractivity contribution in [1.82, 2.24) is 4.98 Å². The number of aromatic nitrogens is 1. The lowest BCUT2D eigenvalue weighted by Crippen LogP contribution is -3.17. The summed E-state index contributed by atoms with van der Waals surface area (Å²) in [5.74, 6) is -0.557. The second-order valence-electron chi connectivity index (χ2n) is 6.95. The fourth-order valence-electron chi connectivity index (χ4n) is 3.60. The number of hydrogen-bond donors (Lipinski definition) is 3. The standard InChI is InChI=1S/C19H25N3O3/c1-12-7-8-14-15(10-12)20-18(19(24)25-3)17(14)21-16(23)11-22-9-5-4-6-13(22)2/h7-8,10,13,20H,4-6,9,11H2,1-3H3,(H,21,23)/p+1/t13-/m1/s1. The fourth-order valence-corrected chi connectivity index (χ4v) is 3.60. The number of likely N-dealkylation sites (tertiary alicyclic amines) is 1. The average Bonchev–Trinajstić information content (AvgIpc) is 2.93. The van der Waals surface area contributed by atoms with Crippen molar-refractivity contribution in [3.05, 3.63) is 29.5 Å². The van der Waals surface area contributed by atoms with Gasteiger partial charge in [0.05, 0.1) is 25.4 Å². The molecule has 6 heteroatoms. The van der Waals surface area contributed by atoms with E-state index in [4.69, 9.17) is 4.74 Å². The summed E-state index contributed by atoms with van der Waals surface area (Å²) in [6.45, 7) is 5.61. The maximum atomic E-state index is 12.6. The third-order valence-electron chi connectivity index (χ3n) is 5.08. The number of amides is 1. The molecule has 25 heavy (non-hydrogen) atoms. The number of quaternary nitrogens is 1. The number of esters is 1. The van der Waals surface area contributed by atoms with E-state index in [1.807, 2.05) is 25.1 Å². The highest BCUT2D eigenvalue weighted by atomic mass is 16.5. The molecular formula is C19H26N3O3+. The molecule has 1 aromatic carbocycles. The zero-order valence-corrected chi connectivity index (χ0v) is 15.1. The van der Waals surface area contributed by atoms with E-state index in [0.717, 1.165) is 35.9 Å². The van der Waals surface area contributed by atoms with E-state index < -0.39 is 5.97 Å². The molecule has 1 aromatic heterocycles. The maximum Gasteiger partial charge on any atom is 0.356 e. The Morgan fingerprint density at radius 2 is 2.16 bits per heavy atom. The van der Waals surface area contributed by atoms with Crippen molar-refractivity contribution in [3.8, 4) is 0 Å². The van der Waals surface area contributed by atoms with Gasteiger partial charge in [-0.1, -0.05) is 12.1 Å². The topological polar surface area (TPSA) is 75.6 Å². The summed E-state index contributed by atoms with van der Waals surface area (Å²) in [4.78, 5) is 29.1. The Morgan fingerprint density at radius 3 is 2.88 bits per heavy atom. The predicted octanol–water partition coefficient (Wildman–Crippen LogP) is 1.66. The molecule has 0 radical (unpaired) electrons. The van der Waals surface area contributed by atoms with Gasteiger partial charge < -0.3 is 19.9 Å². The molecule has 3 N–H and O–H groups in total. The highest BCUT2D eigenvalue weighted by Crippen LogP contribution is 2.29. The van der Waals surface area contributed by atoms with Crippen molar-refractivity contribution >= 4 is 28.5 Å². The lowest BCUT2D eigenvalue weighted by molar-refractivity contribution is -0.920. The first-order valence-corrected chi connectivity index (χ1v) is 8.84. The number of benzene rings is 1. The maximum absolute atomic E-state index is 12.6. The highest BCUT2D eigenvalue weighted by molar-refractivity contribution is 6.11. The third-order valence-corrected chi connectivity index (χ3v) is 5.08. The van der Waals surface area contributed by atoms with Gasteiger partial charge in [-0.05, 0) is 44.7 Å². The number of piperidine rings is 1. The molecular weight excluding hydrogens is 318 g/mol. The van der Waals surface area contributed by atoms with E-state index in [1.54, 1.807) is 0 Å². The quantitative estimate of drug-likeness (QED) is 0.739. The molecule has 0 bridgehead atoms. The van der Waals surface area contributed by atoms with E-state index in [2.05, 4.69) is 17.2 Å². The van der Waals surface area contributed by atoms with Crippen LogP contribution >= 0.6 is 0 Å². The minimum Gasteiger partial charge on any atom is -0.464 e. The number of aryl methyl sites for hydroxylation is 1. The second-order valence-corrected chi connectivity index (χ2v) is 6.95.